The highest BCUT2D eigenvalue weighted by atomic mass is 35.5. The normalized spacial score (nSPS) is 22.7. The predicted octanol–water partition coefficient (Wildman–Crippen LogP) is 4.00. The highest BCUT2D eigenvalue weighted by Gasteiger charge is 2.26. The Morgan fingerprint density at radius 1 is 1.17 bits per heavy atom. The molecule has 0 unspecified atom stereocenters. The zero-order valence-corrected chi connectivity index (χ0v) is 18.6. The molecule has 7 nitrogen and oxygen atoms in total. The van der Waals surface area contributed by atoms with Crippen LogP contribution in [-0.4, -0.2) is 46.4 Å². The molecule has 2 fully saturated rings. The molecule has 0 saturated heterocycles. The van der Waals surface area contributed by atoms with Gasteiger partial charge in [-0.15, -0.1) is 0 Å². The number of fused-ring (bicyclic) bond motifs is 1. The molecule has 2 aromatic rings. The minimum absolute atomic E-state index is 0.0232. The van der Waals surface area contributed by atoms with Crippen LogP contribution in [0.25, 0.3) is 11.0 Å². The summed E-state index contributed by atoms with van der Waals surface area (Å²) in [5, 5.41) is 3.43. The minimum Gasteiger partial charge on any atom is -0.490 e. The molecule has 164 valence electrons. The monoisotopic (exact) mass is 435 g/mol. The molecule has 1 aromatic carbocycles. The number of ether oxygens (including phenoxy) is 3. The number of nitrogens with zero attached hydrogens (tertiary/aromatic N) is 2. The van der Waals surface area contributed by atoms with E-state index in [1.807, 2.05) is 30.7 Å². The second-order valence-electron chi connectivity index (χ2n) is 8.49. The Kier molecular flexibility index (Phi) is 6.39. The third-order valence-electron chi connectivity index (χ3n) is 5.62. The van der Waals surface area contributed by atoms with Crippen molar-refractivity contribution in [1.82, 2.24) is 14.9 Å². The van der Waals surface area contributed by atoms with Crippen LogP contribution in [0.3, 0.4) is 0 Å². The van der Waals surface area contributed by atoms with Gasteiger partial charge >= 0.3 is 0 Å². The van der Waals surface area contributed by atoms with Gasteiger partial charge in [0.05, 0.1) is 29.4 Å². The highest BCUT2D eigenvalue weighted by Crippen LogP contribution is 2.35. The lowest BCUT2D eigenvalue weighted by atomic mass is 9.95. The van der Waals surface area contributed by atoms with Gasteiger partial charge in [0.2, 0.25) is 5.91 Å². The molecule has 0 aliphatic heterocycles. The van der Waals surface area contributed by atoms with Gasteiger partial charge in [0.25, 0.3) is 6.01 Å². The number of rotatable bonds is 8. The summed E-state index contributed by atoms with van der Waals surface area (Å²) in [6.07, 6.45) is 6.52. The van der Waals surface area contributed by atoms with Crippen molar-refractivity contribution in [2.75, 3.05) is 6.61 Å². The Morgan fingerprint density at radius 2 is 1.80 bits per heavy atom. The summed E-state index contributed by atoms with van der Waals surface area (Å²) in [4.78, 5) is 15.7. The standard InChI is InChI=1S/C22H30ClN3O4/c1-13(24-14(2)27)12-28-15-4-6-17(7-5-15)30-22-25-21-19(23)10-18(29-16-8-9-16)11-20(21)26(22)3/h10-11,13,15-17H,4-9,12H2,1-3H3,(H,24,27)/t13-,15?,17?/m0/s1. The molecule has 8 heteroatoms. The maximum atomic E-state index is 11.1. The first-order chi connectivity index (χ1) is 14.4. The molecule has 2 saturated carbocycles. The second-order valence-corrected chi connectivity index (χ2v) is 8.90. The summed E-state index contributed by atoms with van der Waals surface area (Å²) in [5.74, 6) is 0.757. The quantitative estimate of drug-likeness (QED) is 0.678. The number of benzene rings is 1. The van der Waals surface area contributed by atoms with Gasteiger partial charge in [0.1, 0.15) is 17.4 Å². The fourth-order valence-corrected chi connectivity index (χ4v) is 4.13. The van der Waals surface area contributed by atoms with Crippen molar-refractivity contribution in [2.24, 2.45) is 7.05 Å². The molecule has 1 heterocycles. The topological polar surface area (TPSA) is 74.6 Å². The molecule has 4 rings (SSSR count). The first-order valence-corrected chi connectivity index (χ1v) is 11.1. The van der Waals surface area contributed by atoms with Crippen molar-refractivity contribution in [2.45, 2.75) is 76.7 Å². The first-order valence-electron chi connectivity index (χ1n) is 10.8. The number of aromatic nitrogens is 2. The molecule has 1 amide bonds. The van der Waals surface area contributed by atoms with Crippen LogP contribution in [0.5, 0.6) is 11.8 Å². The molecule has 1 aromatic heterocycles. The number of hydrogen-bond acceptors (Lipinski definition) is 5. The molecule has 2 aliphatic rings. The average Bonchev–Trinajstić information content (AvgIpc) is 3.45. The summed E-state index contributed by atoms with van der Waals surface area (Å²) in [6, 6.07) is 4.43. The van der Waals surface area contributed by atoms with Crippen LogP contribution in [0.1, 0.15) is 52.4 Å². The van der Waals surface area contributed by atoms with Crippen molar-refractivity contribution >= 4 is 28.5 Å². The van der Waals surface area contributed by atoms with Crippen molar-refractivity contribution < 1.29 is 19.0 Å². The number of hydrogen-bond donors (Lipinski definition) is 1. The fourth-order valence-electron chi connectivity index (χ4n) is 3.89. The Hall–Kier alpha value is -1.99. The number of amides is 1. The molecule has 0 radical (unpaired) electrons. The minimum atomic E-state index is -0.0306. The van der Waals surface area contributed by atoms with Crippen LogP contribution >= 0.6 is 11.6 Å². The molecule has 1 N–H and O–H groups in total. The number of carbonyl (C=O) groups is 1. The lowest BCUT2D eigenvalue weighted by Crippen LogP contribution is -2.37. The van der Waals surface area contributed by atoms with E-state index in [0.29, 0.717) is 23.7 Å². The van der Waals surface area contributed by atoms with E-state index in [1.54, 1.807) is 0 Å². The number of imidazole rings is 1. The number of halogens is 1. The molecule has 1 atom stereocenters. The number of nitrogens with one attached hydrogen (secondary N) is 1. The van der Waals surface area contributed by atoms with E-state index in [1.165, 1.54) is 6.92 Å². The number of aryl methyl sites for hydroxylation is 1. The van der Waals surface area contributed by atoms with E-state index in [9.17, 15) is 4.79 Å². The summed E-state index contributed by atoms with van der Waals surface area (Å²) >= 11 is 6.45. The Labute approximate surface area is 182 Å². The zero-order chi connectivity index (χ0) is 21.3. The van der Waals surface area contributed by atoms with Gasteiger partial charge in [-0.3, -0.25) is 9.36 Å². The van der Waals surface area contributed by atoms with Crippen LogP contribution in [0.4, 0.5) is 0 Å². The van der Waals surface area contributed by atoms with Gasteiger partial charge in [-0.1, -0.05) is 11.6 Å². The molecule has 0 spiro atoms. The van der Waals surface area contributed by atoms with Crippen LogP contribution < -0.4 is 14.8 Å². The van der Waals surface area contributed by atoms with Gasteiger partial charge in [-0.05, 0) is 45.4 Å². The molecule has 30 heavy (non-hydrogen) atoms. The first kappa shape index (κ1) is 21.2. The van der Waals surface area contributed by atoms with Crippen molar-refractivity contribution in [3.8, 4) is 11.8 Å². The molecular formula is C22H30ClN3O4. The molecular weight excluding hydrogens is 406 g/mol. The Morgan fingerprint density at radius 3 is 2.47 bits per heavy atom. The number of carbonyl (C=O) groups excluding carboxylic acids is 1. The third-order valence-corrected chi connectivity index (χ3v) is 5.91. The maximum absolute atomic E-state index is 11.1. The molecule has 0 bridgehead atoms. The van der Waals surface area contributed by atoms with Gasteiger partial charge in [-0.25, -0.2) is 0 Å². The smallest absolute Gasteiger partial charge is 0.297 e. The van der Waals surface area contributed by atoms with Gasteiger partial charge in [-0.2, -0.15) is 4.98 Å². The maximum Gasteiger partial charge on any atom is 0.297 e. The Bertz CT molecular complexity index is 903. The van der Waals surface area contributed by atoms with Crippen molar-refractivity contribution in [3.63, 3.8) is 0 Å². The van der Waals surface area contributed by atoms with E-state index in [0.717, 1.165) is 55.3 Å². The summed E-state index contributed by atoms with van der Waals surface area (Å²) in [7, 11) is 1.94. The van der Waals surface area contributed by atoms with E-state index in [4.69, 9.17) is 25.8 Å². The summed E-state index contributed by atoms with van der Waals surface area (Å²) in [5.41, 5.74) is 1.65. The SMILES string of the molecule is CC(=O)N[C@@H](C)COC1CCC(Oc2nc3c(Cl)cc(OC4CC4)cc3n2C)CC1. The average molecular weight is 436 g/mol. The summed E-state index contributed by atoms with van der Waals surface area (Å²) < 4.78 is 20.0. The van der Waals surface area contributed by atoms with Crippen LogP contribution in [-0.2, 0) is 16.6 Å². The third kappa shape index (κ3) is 5.19. The highest BCUT2D eigenvalue weighted by molar-refractivity contribution is 6.35. The zero-order valence-electron chi connectivity index (χ0n) is 17.8. The van der Waals surface area contributed by atoms with Crippen molar-refractivity contribution in [3.05, 3.63) is 17.2 Å². The van der Waals surface area contributed by atoms with E-state index >= 15 is 0 Å². The largest absolute Gasteiger partial charge is 0.490 e. The summed E-state index contributed by atoms with van der Waals surface area (Å²) in [6.45, 7) is 4.01. The van der Waals surface area contributed by atoms with Crippen LogP contribution in [0.15, 0.2) is 12.1 Å². The van der Waals surface area contributed by atoms with Crippen LogP contribution in [0.2, 0.25) is 5.02 Å². The predicted molar refractivity (Wildman–Crippen MR) is 115 cm³/mol. The van der Waals surface area contributed by atoms with E-state index in [-0.39, 0.29) is 24.2 Å². The second kappa shape index (κ2) is 9.02. The van der Waals surface area contributed by atoms with E-state index < -0.39 is 0 Å². The van der Waals surface area contributed by atoms with Gasteiger partial charge < -0.3 is 19.5 Å². The lowest BCUT2D eigenvalue weighted by Gasteiger charge is -2.29. The van der Waals surface area contributed by atoms with Gasteiger partial charge in [0.15, 0.2) is 0 Å². The van der Waals surface area contributed by atoms with Crippen molar-refractivity contribution in [1.29, 1.82) is 0 Å². The van der Waals surface area contributed by atoms with E-state index in [2.05, 4.69) is 10.3 Å². The molecule has 2 aliphatic carbocycles. The fraction of sp³-hybridized carbons (Fsp3) is 0.636. The lowest BCUT2D eigenvalue weighted by molar-refractivity contribution is -0.120. The van der Waals surface area contributed by atoms with Gasteiger partial charge in [0, 0.05) is 32.1 Å². The van der Waals surface area contributed by atoms with Crippen LogP contribution in [0, 0.1) is 0 Å². The Balaban J connectivity index is 1.33.